The molecular weight excluding hydrogens is 416 g/mol. The number of hydrogen-bond acceptors (Lipinski definition) is 4. The average Bonchev–Trinajstić information content (AvgIpc) is 2.96. The van der Waals surface area contributed by atoms with E-state index in [4.69, 9.17) is 23.2 Å². The van der Waals surface area contributed by atoms with Crippen molar-refractivity contribution in [2.45, 2.75) is 11.8 Å². The molecule has 3 aromatic rings. The molecule has 0 saturated heterocycles. The lowest BCUT2D eigenvalue weighted by atomic mass is 10.2. The molecule has 0 spiro atoms. The first-order valence-electron chi connectivity index (χ1n) is 7.53. The molecule has 0 radical (unpaired) electrons. The molecule has 0 unspecified atom stereocenters. The number of hydrogen-bond donors (Lipinski definition) is 2. The fourth-order valence-corrected chi connectivity index (χ4v) is 4.14. The smallest absolute Gasteiger partial charge is 0.285 e. The number of amides is 1. The first-order valence-corrected chi connectivity index (χ1v) is 9.77. The first-order chi connectivity index (χ1) is 12.7. The molecule has 27 heavy (non-hydrogen) atoms. The van der Waals surface area contributed by atoms with Crippen molar-refractivity contribution in [3.8, 4) is 11.4 Å². The van der Waals surface area contributed by atoms with Crippen molar-refractivity contribution in [1.29, 1.82) is 0 Å². The van der Waals surface area contributed by atoms with Crippen LogP contribution in [0.5, 0.6) is 0 Å². The van der Waals surface area contributed by atoms with Crippen LogP contribution in [0.4, 0.5) is 4.39 Å². The Hall–Kier alpha value is -2.42. The Balaban J connectivity index is 1.95. The van der Waals surface area contributed by atoms with Crippen LogP contribution in [-0.2, 0) is 10.0 Å². The van der Waals surface area contributed by atoms with Crippen LogP contribution in [0.3, 0.4) is 0 Å². The average molecular weight is 428 g/mol. The molecule has 0 aliphatic carbocycles. The van der Waals surface area contributed by atoms with Gasteiger partial charge in [-0.25, -0.2) is 22.5 Å². The summed E-state index contributed by atoms with van der Waals surface area (Å²) in [4.78, 5) is 18.9. The van der Waals surface area contributed by atoms with Crippen molar-refractivity contribution in [1.82, 2.24) is 14.7 Å². The van der Waals surface area contributed by atoms with Gasteiger partial charge >= 0.3 is 0 Å². The van der Waals surface area contributed by atoms with Gasteiger partial charge < -0.3 is 4.98 Å². The Morgan fingerprint density at radius 1 is 1.11 bits per heavy atom. The number of H-pyrrole nitrogens is 1. The van der Waals surface area contributed by atoms with Crippen molar-refractivity contribution in [3.05, 3.63) is 69.7 Å². The lowest BCUT2D eigenvalue weighted by Crippen LogP contribution is -2.31. The van der Waals surface area contributed by atoms with Crippen molar-refractivity contribution < 1.29 is 17.6 Å². The molecule has 10 heteroatoms. The number of sulfonamides is 1. The second-order valence-electron chi connectivity index (χ2n) is 5.52. The maximum atomic E-state index is 14.1. The van der Waals surface area contributed by atoms with E-state index in [0.29, 0.717) is 0 Å². The molecule has 0 aliphatic rings. The topological polar surface area (TPSA) is 91.9 Å². The standard InChI is InChI=1S/C17H12Cl2FN3O3S/c1-9-15(22-16(21-9)14-11(19)6-4-7-12(14)20)17(24)23-27(25,26)13-8-3-2-5-10(13)18/h2-8H,1H3,(H,21,22)(H,23,24). The van der Waals surface area contributed by atoms with Gasteiger partial charge in [0.1, 0.15) is 16.5 Å². The van der Waals surface area contributed by atoms with Crippen LogP contribution >= 0.6 is 23.2 Å². The second-order valence-corrected chi connectivity index (χ2v) is 7.99. The van der Waals surface area contributed by atoms with Crippen LogP contribution < -0.4 is 4.72 Å². The van der Waals surface area contributed by atoms with Gasteiger partial charge in [-0.05, 0) is 31.2 Å². The molecule has 0 atom stereocenters. The zero-order valence-electron chi connectivity index (χ0n) is 13.8. The van der Waals surface area contributed by atoms with Crippen LogP contribution in [0, 0.1) is 12.7 Å². The number of aromatic nitrogens is 2. The fourth-order valence-electron chi connectivity index (χ4n) is 2.41. The monoisotopic (exact) mass is 427 g/mol. The molecule has 1 heterocycles. The Labute approximate surface area is 164 Å². The third-order valence-corrected chi connectivity index (χ3v) is 5.80. The summed E-state index contributed by atoms with van der Waals surface area (Å²) < 4.78 is 40.8. The molecule has 0 saturated carbocycles. The lowest BCUT2D eigenvalue weighted by Gasteiger charge is -2.07. The number of benzene rings is 2. The zero-order chi connectivity index (χ0) is 19.8. The van der Waals surface area contributed by atoms with Crippen molar-refractivity contribution in [3.63, 3.8) is 0 Å². The lowest BCUT2D eigenvalue weighted by molar-refractivity contribution is 0.0976. The number of carbonyl (C=O) groups is 1. The third-order valence-electron chi connectivity index (χ3n) is 3.65. The quantitative estimate of drug-likeness (QED) is 0.659. The molecule has 0 bridgehead atoms. The van der Waals surface area contributed by atoms with E-state index in [1.807, 2.05) is 4.72 Å². The highest BCUT2D eigenvalue weighted by Crippen LogP contribution is 2.29. The number of imidazole rings is 1. The predicted octanol–water partition coefficient (Wildman–Crippen LogP) is 3.95. The Kier molecular flexibility index (Phi) is 5.23. The number of nitrogens with one attached hydrogen (secondary N) is 2. The summed E-state index contributed by atoms with van der Waals surface area (Å²) in [5.41, 5.74) is 0.0198. The predicted molar refractivity (Wildman–Crippen MR) is 99.8 cm³/mol. The summed E-state index contributed by atoms with van der Waals surface area (Å²) in [7, 11) is -4.21. The summed E-state index contributed by atoms with van der Waals surface area (Å²) in [6.07, 6.45) is 0. The van der Waals surface area contributed by atoms with Gasteiger partial charge in [0.15, 0.2) is 5.69 Å². The van der Waals surface area contributed by atoms with E-state index >= 15 is 0 Å². The maximum absolute atomic E-state index is 14.1. The molecule has 3 rings (SSSR count). The number of rotatable bonds is 4. The highest BCUT2D eigenvalue weighted by molar-refractivity contribution is 7.90. The SMILES string of the molecule is Cc1[nH]c(-c2c(F)cccc2Cl)nc1C(=O)NS(=O)(=O)c1ccccc1Cl. The van der Waals surface area contributed by atoms with E-state index in [-0.39, 0.29) is 37.7 Å². The van der Waals surface area contributed by atoms with Gasteiger partial charge in [0.2, 0.25) is 0 Å². The molecule has 1 amide bonds. The fraction of sp³-hybridized carbons (Fsp3) is 0.0588. The molecule has 2 N–H and O–H groups in total. The minimum Gasteiger partial charge on any atom is -0.341 e. The van der Waals surface area contributed by atoms with Gasteiger partial charge in [-0.3, -0.25) is 4.79 Å². The molecule has 6 nitrogen and oxygen atoms in total. The highest BCUT2D eigenvalue weighted by atomic mass is 35.5. The minimum atomic E-state index is -4.21. The molecule has 1 aromatic heterocycles. The van der Waals surface area contributed by atoms with E-state index in [2.05, 4.69) is 9.97 Å². The highest BCUT2D eigenvalue weighted by Gasteiger charge is 2.25. The van der Waals surface area contributed by atoms with Crippen LogP contribution in [0.2, 0.25) is 10.0 Å². The summed E-state index contributed by atoms with van der Waals surface area (Å²) in [6, 6.07) is 9.79. The Bertz CT molecular complexity index is 1130. The molecule has 0 fully saturated rings. The van der Waals surface area contributed by atoms with Gasteiger partial charge in [-0.1, -0.05) is 41.4 Å². The molecule has 2 aromatic carbocycles. The summed E-state index contributed by atoms with van der Waals surface area (Å²) in [5, 5.41) is 0.0646. The minimum absolute atomic E-state index is 0.0101. The van der Waals surface area contributed by atoms with Crippen LogP contribution in [0.25, 0.3) is 11.4 Å². The number of nitrogens with zero attached hydrogens (tertiary/aromatic N) is 1. The Morgan fingerprint density at radius 2 is 1.78 bits per heavy atom. The largest absolute Gasteiger partial charge is 0.341 e. The summed E-state index contributed by atoms with van der Waals surface area (Å²) in [5.74, 6) is -1.61. The number of halogens is 3. The third kappa shape index (κ3) is 3.83. The molecule has 140 valence electrons. The van der Waals surface area contributed by atoms with E-state index in [9.17, 15) is 17.6 Å². The van der Waals surface area contributed by atoms with Crippen LogP contribution in [-0.4, -0.2) is 24.3 Å². The number of carbonyl (C=O) groups excluding carboxylic acids is 1. The molecule has 0 aliphatic heterocycles. The van der Waals surface area contributed by atoms with E-state index in [0.717, 1.165) is 0 Å². The van der Waals surface area contributed by atoms with Crippen LogP contribution in [0.15, 0.2) is 47.4 Å². The van der Waals surface area contributed by atoms with E-state index < -0.39 is 21.7 Å². The summed E-state index contributed by atoms with van der Waals surface area (Å²) in [6.45, 7) is 1.50. The van der Waals surface area contributed by atoms with Crippen molar-refractivity contribution in [2.24, 2.45) is 0 Å². The maximum Gasteiger partial charge on any atom is 0.285 e. The van der Waals surface area contributed by atoms with E-state index in [1.54, 1.807) is 6.07 Å². The van der Waals surface area contributed by atoms with Gasteiger partial charge in [0.25, 0.3) is 15.9 Å². The second kappa shape index (κ2) is 7.30. The first kappa shape index (κ1) is 19.3. The number of aromatic amines is 1. The van der Waals surface area contributed by atoms with Gasteiger partial charge in [-0.15, -0.1) is 0 Å². The van der Waals surface area contributed by atoms with Gasteiger partial charge in [-0.2, -0.15) is 0 Å². The summed E-state index contributed by atoms with van der Waals surface area (Å²) >= 11 is 11.9. The molecular formula is C17H12Cl2FN3O3S. The van der Waals surface area contributed by atoms with Crippen LogP contribution in [0.1, 0.15) is 16.2 Å². The van der Waals surface area contributed by atoms with Crippen molar-refractivity contribution in [2.75, 3.05) is 0 Å². The number of aryl methyl sites for hydroxylation is 1. The van der Waals surface area contributed by atoms with Gasteiger partial charge in [0, 0.05) is 5.69 Å². The van der Waals surface area contributed by atoms with Gasteiger partial charge in [0.05, 0.1) is 15.6 Å². The zero-order valence-corrected chi connectivity index (χ0v) is 16.1. The normalized spacial score (nSPS) is 11.4. The van der Waals surface area contributed by atoms with Crippen molar-refractivity contribution >= 4 is 39.1 Å². The van der Waals surface area contributed by atoms with E-state index in [1.165, 1.54) is 43.3 Å². The Morgan fingerprint density at radius 3 is 2.44 bits per heavy atom.